The summed E-state index contributed by atoms with van der Waals surface area (Å²) >= 11 is 6.01. The van der Waals surface area contributed by atoms with Gasteiger partial charge in [0.25, 0.3) is 5.91 Å². The van der Waals surface area contributed by atoms with Gasteiger partial charge in [-0.3, -0.25) is 9.59 Å². The highest BCUT2D eigenvalue weighted by atomic mass is 35.5. The Morgan fingerprint density at radius 2 is 2.15 bits per heavy atom. The number of halogens is 1. The van der Waals surface area contributed by atoms with Crippen molar-refractivity contribution in [3.63, 3.8) is 0 Å². The van der Waals surface area contributed by atoms with E-state index in [1.807, 2.05) is 0 Å². The molecule has 0 saturated heterocycles. The molecule has 0 aliphatic carbocycles. The molecular formula is C15H18ClNO3. The monoisotopic (exact) mass is 295 g/mol. The van der Waals surface area contributed by atoms with Crippen LogP contribution in [0, 0.1) is 6.92 Å². The van der Waals surface area contributed by atoms with Gasteiger partial charge >= 0.3 is 5.97 Å². The smallest absolute Gasteiger partial charge is 0.325 e. The van der Waals surface area contributed by atoms with Gasteiger partial charge in [0.15, 0.2) is 0 Å². The Hall–Kier alpha value is -1.81. The number of benzene rings is 1. The fraction of sp³-hybridized carbons (Fsp3) is 0.333. The van der Waals surface area contributed by atoms with Gasteiger partial charge < -0.3 is 9.64 Å². The van der Waals surface area contributed by atoms with Gasteiger partial charge in [-0.25, -0.2) is 0 Å². The van der Waals surface area contributed by atoms with Crippen LogP contribution >= 0.6 is 11.6 Å². The zero-order valence-corrected chi connectivity index (χ0v) is 12.4. The number of carbonyl (C=O) groups excluding carboxylic acids is 2. The molecule has 0 saturated carbocycles. The average molecular weight is 296 g/mol. The van der Waals surface area contributed by atoms with Crippen molar-refractivity contribution in [2.24, 2.45) is 0 Å². The molecule has 0 aliphatic heterocycles. The van der Waals surface area contributed by atoms with Crippen molar-refractivity contribution in [3.8, 4) is 0 Å². The van der Waals surface area contributed by atoms with E-state index in [0.29, 0.717) is 16.1 Å². The second-order valence-electron chi connectivity index (χ2n) is 4.19. The first-order chi connectivity index (χ1) is 9.51. The zero-order chi connectivity index (χ0) is 15.1. The van der Waals surface area contributed by atoms with Gasteiger partial charge in [-0.15, -0.1) is 6.58 Å². The summed E-state index contributed by atoms with van der Waals surface area (Å²) in [6, 6.07) is 5.11. The maximum atomic E-state index is 12.5. The zero-order valence-electron chi connectivity index (χ0n) is 11.7. The lowest BCUT2D eigenvalue weighted by Gasteiger charge is -2.21. The van der Waals surface area contributed by atoms with Gasteiger partial charge in [0.2, 0.25) is 0 Å². The SMILES string of the molecule is C=CCN(CC(=O)OCC)C(=O)c1cccc(Cl)c1C. The molecule has 0 radical (unpaired) electrons. The minimum Gasteiger partial charge on any atom is -0.465 e. The summed E-state index contributed by atoms with van der Waals surface area (Å²) in [5.74, 6) is -0.708. The lowest BCUT2D eigenvalue weighted by molar-refractivity contribution is -0.143. The van der Waals surface area contributed by atoms with Crippen LogP contribution < -0.4 is 0 Å². The van der Waals surface area contributed by atoms with Crippen molar-refractivity contribution in [1.82, 2.24) is 4.90 Å². The molecule has 0 aromatic heterocycles. The highest BCUT2D eigenvalue weighted by Crippen LogP contribution is 2.20. The van der Waals surface area contributed by atoms with Crippen LogP contribution in [0.1, 0.15) is 22.8 Å². The molecular weight excluding hydrogens is 278 g/mol. The standard InChI is InChI=1S/C15H18ClNO3/c1-4-9-17(10-14(18)20-5-2)15(19)12-7-6-8-13(16)11(12)3/h4,6-8H,1,5,9-10H2,2-3H3. The summed E-state index contributed by atoms with van der Waals surface area (Å²) < 4.78 is 4.87. The topological polar surface area (TPSA) is 46.6 Å². The third-order valence-corrected chi connectivity index (χ3v) is 3.17. The van der Waals surface area contributed by atoms with Gasteiger partial charge in [0, 0.05) is 17.1 Å². The van der Waals surface area contributed by atoms with E-state index in [2.05, 4.69) is 6.58 Å². The van der Waals surface area contributed by atoms with Crippen LogP contribution in [0.2, 0.25) is 5.02 Å². The Kier molecular flexibility index (Phi) is 6.25. The first kappa shape index (κ1) is 16.2. The quantitative estimate of drug-likeness (QED) is 0.599. The van der Waals surface area contributed by atoms with Crippen molar-refractivity contribution >= 4 is 23.5 Å². The molecule has 5 heteroatoms. The number of amides is 1. The summed E-state index contributed by atoms with van der Waals surface area (Å²) in [6.45, 7) is 7.53. The first-order valence-electron chi connectivity index (χ1n) is 6.32. The minimum absolute atomic E-state index is 0.107. The van der Waals surface area contributed by atoms with Crippen molar-refractivity contribution in [1.29, 1.82) is 0 Å². The maximum absolute atomic E-state index is 12.5. The number of hydrogen-bond donors (Lipinski definition) is 0. The van der Waals surface area contributed by atoms with E-state index in [-0.39, 0.29) is 25.6 Å². The summed E-state index contributed by atoms with van der Waals surface area (Å²) in [4.78, 5) is 25.4. The molecule has 0 heterocycles. The molecule has 1 rings (SSSR count). The summed E-state index contributed by atoms with van der Waals surface area (Å²) in [7, 11) is 0. The highest BCUT2D eigenvalue weighted by Gasteiger charge is 2.20. The molecule has 0 fully saturated rings. The number of ether oxygens (including phenoxy) is 1. The Morgan fingerprint density at radius 3 is 2.75 bits per heavy atom. The maximum Gasteiger partial charge on any atom is 0.325 e. The molecule has 4 nitrogen and oxygen atoms in total. The van der Waals surface area contributed by atoms with Crippen LogP contribution in [0.5, 0.6) is 0 Å². The van der Waals surface area contributed by atoms with Crippen molar-refractivity contribution in [3.05, 3.63) is 47.0 Å². The van der Waals surface area contributed by atoms with E-state index in [9.17, 15) is 9.59 Å². The number of hydrogen-bond acceptors (Lipinski definition) is 3. The Labute approximate surface area is 124 Å². The Balaban J connectivity index is 2.96. The molecule has 0 atom stereocenters. The van der Waals surface area contributed by atoms with E-state index in [0.717, 1.165) is 0 Å². The van der Waals surface area contributed by atoms with Crippen LogP contribution in [0.25, 0.3) is 0 Å². The molecule has 1 aromatic rings. The van der Waals surface area contributed by atoms with Crippen LogP contribution in [-0.4, -0.2) is 36.5 Å². The molecule has 1 aromatic carbocycles. The van der Waals surface area contributed by atoms with Gasteiger partial charge in [0.05, 0.1) is 6.61 Å². The molecule has 0 N–H and O–H groups in total. The van der Waals surface area contributed by atoms with Crippen molar-refractivity contribution < 1.29 is 14.3 Å². The molecule has 1 amide bonds. The summed E-state index contributed by atoms with van der Waals surface area (Å²) in [6.07, 6.45) is 1.57. The summed E-state index contributed by atoms with van der Waals surface area (Å²) in [5.41, 5.74) is 1.17. The molecule has 0 spiro atoms. The van der Waals surface area contributed by atoms with E-state index >= 15 is 0 Å². The third-order valence-electron chi connectivity index (χ3n) is 2.76. The number of carbonyl (C=O) groups is 2. The predicted molar refractivity (Wildman–Crippen MR) is 78.9 cm³/mol. The second-order valence-corrected chi connectivity index (χ2v) is 4.60. The van der Waals surface area contributed by atoms with Gasteiger partial charge in [0.1, 0.15) is 6.54 Å². The van der Waals surface area contributed by atoms with E-state index < -0.39 is 5.97 Å². The minimum atomic E-state index is -0.442. The third kappa shape index (κ3) is 4.10. The number of rotatable bonds is 6. The average Bonchev–Trinajstić information content (AvgIpc) is 2.41. The Bertz CT molecular complexity index is 514. The van der Waals surface area contributed by atoms with E-state index in [4.69, 9.17) is 16.3 Å². The van der Waals surface area contributed by atoms with Crippen LogP contribution in [-0.2, 0) is 9.53 Å². The normalized spacial score (nSPS) is 9.95. The van der Waals surface area contributed by atoms with Crippen LogP contribution in [0.3, 0.4) is 0 Å². The van der Waals surface area contributed by atoms with Crippen LogP contribution in [0.4, 0.5) is 0 Å². The largest absolute Gasteiger partial charge is 0.465 e. The molecule has 0 aliphatic rings. The molecule has 0 bridgehead atoms. The Morgan fingerprint density at radius 1 is 1.45 bits per heavy atom. The second kappa shape index (κ2) is 7.70. The number of esters is 1. The first-order valence-corrected chi connectivity index (χ1v) is 6.70. The van der Waals surface area contributed by atoms with Gasteiger partial charge in [-0.1, -0.05) is 23.7 Å². The molecule has 108 valence electrons. The van der Waals surface area contributed by atoms with Gasteiger partial charge in [-0.2, -0.15) is 0 Å². The number of nitrogens with zero attached hydrogens (tertiary/aromatic N) is 1. The van der Waals surface area contributed by atoms with E-state index in [1.165, 1.54) is 4.90 Å². The molecule has 0 unspecified atom stereocenters. The fourth-order valence-corrected chi connectivity index (χ4v) is 1.92. The van der Waals surface area contributed by atoms with Crippen molar-refractivity contribution in [2.45, 2.75) is 13.8 Å². The highest BCUT2D eigenvalue weighted by molar-refractivity contribution is 6.31. The van der Waals surface area contributed by atoms with Crippen molar-refractivity contribution in [2.75, 3.05) is 19.7 Å². The van der Waals surface area contributed by atoms with Crippen LogP contribution in [0.15, 0.2) is 30.9 Å². The predicted octanol–water partition coefficient (Wildman–Crippen LogP) is 2.84. The van der Waals surface area contributed by atoms with E-state index in [1.54, 1.807) is 38.1 Å². The lowest BCUT2D eigenvalue weighted by atomic mass is 10.1. The van der Waals surface area contributed by atoms with Gasteiger partial charge in [-0.05, 0) is 31.5 Å². The lowest BCUT2D eigenvalue weighted by Crippen LogP contribution is -2.37. The molecule has 20 heavy (non-hydrogen) atoms. The fourth-order valence-electron chi connectivity index (χ4n) is 1.75. The summed E-state index contributed by atoms with van der Waals surface area (Å²) in [5, 5.41) is 0.519.